The first-order valence-corrected chi connectivity index (χ1v) is 10.9. The fraction of sp³-hybridized carbons (Fsp3) is 0.333. The van der Waals surface area contributed by atoms with Gasteiger partial charge in [0.2, 0.25) is 0 Å². The molecule has 0 saturated carbocycles. The maximum absolute atomic E-state index is 13.5. The van der Waals surface area contributed by atoms with Gasteiger partial charge in [0.1, 0.15) is 0 Å². The minimum atomic E-state index is -0.410. The van der Waals surface area contributed by atoms with Crippen LogP contribution in [0.2, 0.25) is 0 Å². The number of dihydropyridines is 1. The summed E-state index contributed by atoms with van der Waals surface area (Å²) in [6, 6.07) is 18.3. The third-order valence-electron chi connectivity index (χ3n) is 6.07. The van der Waals surface area contributed by atoms with Crippen LogP contribution in [-0.2, 0) is 14.3 Å². The monoisotopic (exact) mass is 415 g/mol. The second-order valence-corrected chi connectivity index (χ2v) is 8.79. The Morgan fingerprint density at radius 1 is 0.968 bits per heavy atom. The van der Waals surface area contributed by atoms with Crippen molar-refractivity contribution >= 4 is 11.8 Å². The van der Waals surface area contributed by atoms with Gasteiger partial charge in [-0.3, -0.25) is 4.79 Å². The number of hydrogen-bond donors (Lipinski definition) is 1. The highest BCUT2D eigenvalue weighted by molar-refractivity contribution is 6.04. The van der Waals surface area contributed by atoms with Crippen LogP contribution >= 0.6 is 0 Å². The number of carbonyl (C=O) groups excluding carboxylic acids is 2. The van der Waals surface area contributed by atoms with Gasteiger partial charge < -0.3 is 10.1 Å². The smallest absolute Gasteiger partial charge is 0.337 e. The molecule has 2 atom stereocenters. The highest BCUT2D eigenvalue weighted by Crippen LogP contribution is 2.45. The van der Waals surface area contributed by atoms with Gasteiger partial charge in [0.15, 0.2) is 5.78 Å². The van der Waals surface area contributed by atoms with E-state index in [-0.39, 0.29) is 23.8 Å². The summed E-state index contributed by atoms with van der Waals surface area (Å²) >= 11 is 0. The van der Waals surface area contributed by atoms with Crippen LogP contribution in [0.3, 0.4) is 0 Å². The summed E-state index contributed by atoms with van der Waals surface area (Å²) in [6.07, 6.45) is 0.960. The van der Waals surface area contributed by atoms with Crippen molar-refractivity contribution in [3.63, 3.8) is 0 Å². The van der Waals surface area contributed by atoms with Crippen molar-refractivity contribution in [1.29, 1.82) is 0 Å². The van der Waals surface area contributed by atoms with E-state index in [0.717, 1.165) is 28.9 Å². The molecule has 1 aliphatic carbocycles. The molecule has 1 aliphatic heterocycles. The fourth-order valence-electron chi connectivity index (χ4n) is 4.64. The Labute approximate surface area is 184 Å². The van der Waals surface area contributed by atoms with Crippen molar-refractivity contribution in [3.8, 4) is 0 Å². The minimum Gasteiger partial charge on any atom is -0.460 e. The molecule has 0 bridgehead atoms. The molecular weight excluding hydrogens is 386 g/mol. The summed E-state index contributed by atoms with van der Waals surface area (Å²) in [5.74, 6) is -0.548. The molecule has 0 saturated heterocycles. The summed E-state index contributed by atoms with van der Waals surface area (Å²) in [5.41, 5.74) is 6.17. The van der Waals surface area contributed by atoms with Crippen LogP contribution in [0.25, 0.3) is 0 Å². The Morgan fingerprint density at radius 3 is 2.29 bits per heavy atom. The number of allylic oxidation sites excluding steroid dienone is 3. The van der Waals surface area contributed by atoms with E-state index in [2.05, 4.69) is 17.4 Å². The maximum Gasteiger partial charge on any atom is 0.337 e. The summed E-state index contributed by atoms with van der Waals surface area (Å²) in [6.45, 7) is 7.61. The van der Waals surface area contributed by atoms with Crippen LogP contribution in [0.15, 0.2) is 77.1 Å². The van der Waals surface area contributed by atoms with Crippen molar-refractivity contribution < 1.29 is 14.3 Å². The van der Waals surface area contributed by atoms with E-state index >= 15 is 0 Å². The van der Waals surface area contributed by atoms with Crippen LogP contribution in [0.5, 0.6) is 0 Å². The number of aryl methyl sites for hydroxylation is 1. The van der Waals surface area contributed by atoms with Gasteiger partial charge in [0.25, 0.3) is 0 Å². The molecule has 0 unspecified atom stereocenters. The average Bonchev–Trinajstić information content (AvgIpc) is 2.73. The van der Waals surface area contributed by atoms with Crippen LogP contribution in [0.4, 0.5) is 0 Å². The predicted molar refractivity (Wildman–Crippen MR) is 121 cm³/mol. The number of carbonyl (C=O) groups is 2. The van der Waals surface area contributed by atoms with Gasteiger partial charge in [0.05, 0.1) is 11.7 Å². The van der Waals surface area contributed by atoms with Gasteiger partial charge in [0, 0.05) is 29.3 Å². The number of nitrogens with one attached hydrogen (secondary N) is 1. The molecular formula is C27H29NO3. The second kappa shape index (κ2) is 8.54. The zero-order valence-corrected chi connectivity index (χ0v) is 18.6. The standard InChI is InChI=1S/C27H29NO3/c1-16(2)31-27(30)24-18(4)28-22-14-21(19-8-6-5-7-9-19)15-23(29)26(22)25(24)20-12-10-17(3)11-13-20/h5-13,16,21,25,28H,14-15H2,1-4H3/t21-,25+/m0/s1. The molecule has 0 radical (unpaired) electrons. The van der Waals surface area contributed by atoms with Crippen LogP contribution < -0.4 is 5.32 Å². The first-order chi connectivity index (χ1) is 14.8. The molecule has 4 rings (SSSR count). The number of benzene rings is 2. The van der Waals surface area contributed by atoms with Crippen molar-refractivity contribution in [2.75, 3.05) is 0 Å². The van der Waals surface area contributed by atoms with E-state index in [1.165, 1.54) is 5.56 Å². The maximum atomic E-state index is 13.5. The van der Waals surface area contributed by atoms with Gasteiger partial charge in [-0.2, -0.15) is 0 Å². The number of ketones is 1. The van der Waals surface area contributed by atoms with Gasteiger partial charge >= 0.3 is 5.97 Å². The predicted octanol–water partition coefficient (Wildman–Crippen LogP) is 5.31. The SMILES string of the molecule is CC1=C(C(=O)OC(C)C)[C@@H](c2ccc(C)cc2)C2=C(C[C@H](c3ccccc3)CC2=O)N1. The third-order valence-corrected chi connectivity index (χ3v) is 6.07. The molecule has 4 nitrogen and oxygen atoms in total. The van der Waals surface area contributed by atoms with Crippen molar-refractivity contribution in [1.82, 2.24) is 5.32 Å². The Balaban J connectivity index is 1.79. The number of Topliss-reactive ketones (excluding diaryl/α,β-unsaturated/α-hetero) is 1. The second-order valence-electron chi connectivity index (χ2n) is 8.79. The van der Waals surface area contributed by atoms with Gasteiger partial charge in [-0.05, 0) is 51.2 Å². The van der Waals surface area contributed by atoms with Gasteiger partial charge in [-0.1, -0.05) is 60.2 Å². The Bertz CT molecular complexity index is 1060. The van der Waals surface area contributed by atoms with Crippen LogP contribution in [0.1, 0.15) is 62.1 Å². The Hall–Kier alpha value is -3.14. The summed E-state index contributed by atoms with van der Waals surface area (Å²) < 4.78 is 5.57. The molecule has 0 amide bonds. The van der Waals surface area contributed by atoms with E-state index in [1.807, 2.05) is 70.2 Å². The number of hydrogen-bond acceptors (Lipinski definition) is 4. The fourth-order valence-corrected chi connectivity index (χ4v) is 4.64. The lowest BCUT2D eigenvalue weighted by molar-refractivity contribution is -0.143. The van der Waals surface area contributed by atoms with Crippen molar-refractivity contribution in [2.24, 2.45) is 0 Å². The average molecular weight is 416 g/mol. The molecule has 1 N–H and O–H groups in total. The number of rotatable bonds is 4. The van der Waals surface area contributed by atoms with E-state index in [0.29, 0.717) is 17.6 Å². The van der Waals surface area contributed by atoms with E-state index in [1.54, 1.807) is 0 Å². The summed E-state index contributed by atoms with van der Waals surface area (Å²) in [5, 5.41) is 3.40. The molecule has 0 spiro atoms. The molecule has 2 aromatic rings. The Morgan fingerprint density at radius 2 is 1.65 bits per heavy atom. The molecule has 4 heteroatoms. The Kier molecular flexibility index (Phi) is 5.81. The minimum absolute atomic E-state index is 0.0931. The van der Waals surface area contributed by atoms with Crippen LogP contribution in [0, 0.1) is 6.92 Å². The third kappa shape index (κ3) is 4.20. The van der Waals surface area contributed by atoms with Gasteiger partial charge in [-0.15, -0.1) is 0 Å². The lowest BCUT2D eigenvalue weighted by atomic mass is 9.71. The molecule has 1 heterocycles. The summed E-state index contributed by atoms with van der Waals surface area (Å²) in [7, 11) is 0. The van der Waals surface area contributed by atoms with Crippen molar-refractivity contribution in [2.45, 2.75) is 58.5 Å². The largest absolute Gasteiger partial charge is 0.460 e. The lowest BCUT2D eigenvalue weighted by Crippen LogP contribution is -2.36. The molecule has 0 fully saturated rings. The quantitative estimate of drug-likeness (QED) is 0.688. The normalized spacial score (nSPS) is 21.1. The zero-order valence-electron chi connectivity index (χ0n) is 18.6. The summed E-state index contributed by atoms with van der Waals surface area (Å²) in [4.78, 5) is 26.6. The van der Waals surface area contributed by atoms with Crippen LogP contribution in [-0.4, -0.2) is 17.9 Å². The van der Waals surface area contributed by atoms with E-state index in [4.69, 9.17) is 4.74 Å². The molecule has 2 aromatic carbocycles. The first-order valence-electron chi connectivity index (χ1n) is 10.9. The highest BCUT2D eigenvalue weighted by Gasteiger charge is 2.41. The van der Waals surface area contributed by atoms with Gasteiger partial charge in [-0.25, -0.2) is 4.79 Å². The lowest BCUT2D eigenvalue weighted by Gasteiger charge is -2.37. The molecule has 0 aromatic heterocycles. The number of esters is 1. The molecule has 2 aliphatic rings. The highest BCUT2D eigenvalue weighted by atomic mass is 16.5. The number of ether oxygens (including phenoxy) is 1. The van der Waals surface area contributed by atoms with E-state index in [9.17, 15) is 9.59 Å². The van der Waals surface area contributed by atoms with Crippen molar-refractivity contribution in [3.05, 3.63) is 93.8 Å². The molecule has 31 heavy (non-hydrogen) atoms. The zero-order chi connectivity index (χ0) is 22.1. The first kappa shape index (κ1) is 21.1. The molecule has 160 valence electrons. The van der Waals surface area contributed by atoms with E-state index < -0.39 is 5.92 Å². The topological polar surface area (TPSA) is 55.4 Å².